The average Bonchev–Trinajstić information content (AvgIpc) is 3.08. The van der Waals surface area contributed by atoms with Crippen LogP contribution < -0.4 is 14.8 Å². The Balaban J connectivity index is 1.56. The van der Waals surface area contributed by atoms with Gasteiger partial charge in [0.1, 0.15) is 11.5 Å². The number of aromatic nitrogens is 1. The van der Waals surface area contributed by atoms with Gasteiger partial charge in [-0.1, -0.05) is 13.0 Å². The maximum absolute atomic E-state index is 12.4. The van der Waals surface area contributed by atoms with E-state index in [4.69, 9.17) is 9.47 Å². The molecular weight excluding hydrogens is 362 g/mol. The van der Waals surface area contributed by atoms with Crippen LogP contribution in [-0.2, 0) is 17.8 Å². The molecule has 1 aromatic carbocycles. The molecule has 1 amide bonds. The first kappa shape index (κ1) is 19.6. The van der Waals surface area contributed by atoms with Gasteiger partial charge in [0.2, 0.25) is 5.91 Å². The molecule has 2 aromatic rings. The first-order valence-corrected chi connectivity index (χ1v) is 10.1. The third-order valence-corrected chi connectivity index (χ3v) is 5.58. The van der Waals surface area contributed by atoms with Crippen molar-refractivity contribution in [2.24, 2.45) is 5.92 Å². The molecular formula is C20H27N3O3S. The molecule has 0 bridgehead atoms. The zero-order valence-electron chi connectivity index (χ0n) is 16.2. The number of nitrogens with one attached hydrogen (secondary N) is 1. The fraction of sp³-hybridized carbons (Fsp3) is 0.500. The topological polar surface area (TPSA) is 63.7 Å². The molecule has 1 aromatic heterocycles. The third kappa shape index (κ3) is 5.43. The number of carbonyl (C=O) groups excluding carboxylic acids is 1. The predicted molar refractivity (Wildman–Crippen MR) is 108 cm³/mol. The highest BCUT2D eigenvalue weighted by Gasteiger charge is 2.18. The fourth-order valence-corrected chi connectivity index (χ4v) is 4.15. The van der Waals surface area contributed by atoms with Crippen molar-refractivity contribution in [3.05, 3.63) is 34.8 Å². The summed E-state index contributed by atoms with van der Waals surface area (Å²) in [5, 5.41) is 5.58. The van der Waals surface area contributed by atoms with E-state index in [0.717, 1.165) is 36.8 Å². The van der Waals surface area contributed by atoms with Gasteiger partial charge < -0.3 is 14.8 Å². The van der Waals surface area contributed by atoms with E-state index < -0.39 is 0 Å². The zero-order valence-corrected chi connectivity index (χ0v) is 17.0. The molecule has 1 aliphatic rings. The number of hydrogen-bond acceptors (Lipinski definition) is 6. The van der Waals surface area contributed by atoms with Crippen molar-refractivity contribution in [1.29, 1.82) is 0 Å². The van der Waals surface area contributed by atoms with Crippen LogP contribution >= 0.6 is 11.3 Å². The number of hydrogen-bond donors (Lipinski definition) is 1. The van der Waals surface area contributed by atoms with E-state index in [-0.39, 0.29) is 12.3 Å². The SMILES string of the molecule is COc1ccc(CC(=O)Nc2nc(CN3CCCC(C)C3)cs2)c(OC)c1. The Labute approximate surface area is 164 Å². The summed E-state index contributed by atoms with van der Waals surface area (Å²) in [6.45, 7) is 5.40. The highest BCUT2D eigenvalue weighted by atomic mass is 32.1. The van der Waals surface area contributed by atoms with Crippen molar-refractivity contribution in [3.8, 4) is 11.5 Å². The van der Waals surface area contributed by atoms with Gasteiger partial charge in [0.25, 0.3) is 0 Å². The van der Waals surface area contributed by atoms with Crippen molar-refractivity contribution in [2.45, 2.75) is 32.7 Å². The summed E-state index contributed by atoms with van der Waals surface area (Å²) in [4.78, 5) is 19.4. The van der Waals surface area contributed by atoms with E-state index in [9.17, 15) is 4.79 Å². The number of thiazole rings is 1. The summed E-state index contributed by atoms with van der Waals surface area (Å²) < 4.78 is 10.5. The second-order valence-corrected chi connectivity index (χ2v) is 7.89. The molecule has 0 saturated carbocycles. The maximum atomic E-state index is 12.4. The number of methoxy groups -OCH3 is 2. The molecule has 1 atom stereocenters. The average molecular weight is 390 g/mol. The summed E-state index contributed by atoms with van der Waals surface area (Å²) in [5.41, 5.74) is 1.83. The van der Waals surface area contributed by atoms with Crippen molar-refractivity contribution in [1.82, 2.24) is 9.88 Å². The molecule has 7 heteroatoms. The Hall–Kier alpha value is -2.12. The lowest BCUT2D eigenvalue weighted by molar-refractivity contribution is -0.115. The number of likely N-dealkylation sites (tertiary alicyclic amines) is 1. The minimum atomic E-state index is -0.106. The van der Waals surface area contributed by atoms with Crippen molar-refractivity contribution in [3.63, 3.8) is 0 Å². The molecule has 1 saturated heterocycles. The highest BCUT2D eigenvalue weighted by Crippen LogP contribution is 2.26. The van der Waals surface area contributed by atoms with Crippen LogP contribution in [0.25, 0.3) is 0 Å². The summed E-state index contributed by atoms with van der Waals surface area (Å²) in [7, 11) is 3.19. The standard InChI is InChI=1S/C20H27N3O3S/c1-14-5-4-8-23(11-14)12-16-13-27-20(21-16)22-19(24)9-15-6-7-17(25-2)10-18(15)26-3/h6-7,10,13-14H,4-5,8-9,11-12H2,1-3H3,(H,21,22,24). The van der Waals surface area contributed by atoms with Gasteiger partial charge in [-0.2, -0.15) is 0 Å². The van der Waals surface area contributed by atoms with Crippen LogP contribution in [0.5, 0.6) is 11.5 Å². The first-order chi connectivity index (χ1) is 13.1. The first-order valence-electron chi connectivity index (χ1n) is 9.25. The van der Waals surface area contributed by atoms with Crippen molar-refractivity contribution < 1.29 is 14.3 Å². The van der Waals surface area contributed by atoms with Crippen molar-refractivity contribution >= 4 is 22.4 Å². The van der Waals surface area contributed by atoms with Crippen LogP contribution in [0.1, 0.15) is 31.0 Å². The van der Waals surface area contributed by atoms with Crippen LogP contribution in [0.2, 0.25) is 0 Å². The number of nitrogens with zero attached hydrogens (tertiary/aromatic N) is 2. The Kier molecular flexibility index (Phi) is 6.68. The minimum Gasteiger partial charge on any atom is -0.497 e. The van der Waals surface area contributed by atoms with Gasteiger partial charge in [0, 0.05) is 30.1 Å². The van der Waals surface area contributed by atoms with E-state index in [1.54, 1.807) is 20.3 Å². The fourth-order valence-electron chi connectivity index (χ4n) is 3.43. The van der Waals surface area contributed by atoms with E-state index >= 15 is 0 Å². The number of rotatable bonds is 7. The second kappa shape index (κ2) is 9.19. The van der Waals surface area contributed by atoms with Gasteiger partial charge in [0.15, 0.2) is 5.13 Å². The van der Waals surface area contributed by atoms with E-state index in [0.29, 0.717) is 16.6 Å². The van der Waals surface area contributed by atoms with E-state index in [1.165, 1.54) is 24.2 Å². The van der Waals surface area contributed by atoms with Gasteiger partial charge in [-0.3, -0.25) is 9.69 Å². The number of anilines is 1. The molecule has 0 radical (unpaired) electrons. The normalized spacial score (nSPS) is 17.5. The summed E-state index contributed by atoms with van der Waals surface area (Å²) in [5.74, 6) is 1.98. The van der Waals surface area contributed by atoms with Gasteiger partial charge in [-0.05, 0) is 31.4 Å². The van der Waals surface area contributed by atoms with Crippen LogP contribution in [-0.4, -0.2) is 43.1 Å². The number of benzene rings is 1. The summed E-state index contributed by atoms with van der Waals surface area (Å²) >= 11 is 1.47. The lowest BCUT2D eigenvalue weighted by Crippen LogP contribution is -2.33. The molecule has 6 nitrogen and oxygen atoms in total. The van der Waals surface area contributed by atoms with Gasteiger partial charge in [0.05, 0.1) is 26.3 Å². The predicted octanol–water partition coefficient (Wildman–Crippen LogP) is 3.57. The molecule has 0 aliphatic carbocycles. The Morgan fingerprint density at radius 3 is 2.96 bits per heavy atom. The van der Waals surface area contributed by atoms with Crippen LogP contribution in [0.4, 0.5) is 5.13 Å². The summed E-state index contributed by atoms with van der Waals surface area (Å²) in [6, 6.07) is 5.46. The number of piperidine rings is 1. The van der Waals surface area contributed by atoms with Gasteiger partial charge in [-0.15, -0.1) is 11.3 Å². The Morgan fingerprint density at radius 1 is 1.37 bits per heavy atom. The lowest BCUT2D eigenvalue weighted by atomic mass is 10.0. The molecule has 1 N–H and O–H groups in total. The number of carbonyl (C=O) groups is 1. The number of ether oxygens (including phenoxy) is 2. The second-order valence-electron chi connectivity index (χ2n) is 7.03. The highest BCUT2D eigenvalue weighted by molar-refractivity contribution is 7.13. The van der Waals surface area contributed by atoms with Crippen LogP contribution in [0, 0.1) is 5.92 Å². The molecule has 3 rings (SSSR count). The monoisotopic (exact) mass is 389 g/mol. The quantitative estimate of drug-likeness (QED) is 0.784. The molecule has 1 aliphatic heterocycles. The number of amides is 1. The largest absolute Gasteiger partial charge is 0.497 e. The lowest BCUT2D eigenvalue weighted by Gasteiger charge is -2.30. The van der Waals surface area contributed by atoms with Gasteiger partial charge >= 0.3 is 0 Å². The third-order valence-electron chi connectivity index (χ3n) is 4.77. The van der Waals surface area contributed by atoms with Crippen molar-refractivity contribution in [2.75, 3.05) is 32.6 Å². The smallest absolute Gasteiger partial charge is 0.230 e. The maximum Gasteiger partial charge on any atom is 0.230 e. The Morgan fingerprint density at radius 2 is 2.22 bits per heavy atom. The van der Waals surface area contributed by atoms with Gasteiger partial charge in [-0.25, -0.2) is 4.98 Å². The zero-order chi connectivity index (χ0) is 19.2. The molecule has 146 valence electrons. The van der Waals surface area contributed by atoms with E-state index in [1.807, 2.05) is 17.5 Å². The molecule has 1 unspecified atom stereocenters. The molecule has 2 heterocycles. The van der Waals surface area contributed by atoms with Crippen LogP contribution in [0.15, 0.2) is 23.6 Å². The molecule has 0 spiro atoms. The molecule has 1 fully saturated rings. The molecule has 27 heavy (non-hydrogen) atoms. The van der Waals surface area contributed by atoms with Crippen LogP contribution in [0.3, 0.4) is 0 Å². The van der Waals surface area contributed by atoms with E-state index in [2.05, 4.69) is 22.1 Å². The summed E-state index contributed by atoms with van der Waals surface area (Å²) in [6.07, 6.45) is 2.79. The minimum absolute atomic E-state index is 0.106. The Bertz CT molecular complexity index is 778.